The summed E-state index contributed by atoms with van der Waals surface area (Å²) in [4.78, 5) is 10.6. The normalized spacial score (nSPS) is 16.2. The number of allylic oxidation sites excluding steroid dienone is 2. The Morgan fingerprint density at radius 2 is 2.45 bits per heavy atom. The maximum atomic E-state index is 10.6. The molecule has 0 aliphatic carbocycles. The highest BCUT2D eigenvalue weighted by Crippen LogP contribution is 2.21. The number of hydrogen-bond acceptors (Lipinski definition) is 2. The lowest BCUT2D eigenvalue weighted by Gasteiger charge is -2.04. The highest BCUT2D eigenvalue weighted by atomic mass is 127. The van der Waals surface area contributed by atoms with Crippen LogP contribution in [0.5, 0.6) is 0 Å². The molecule has 0 saturated carbocycles. The molecule has 0 aromatic rings. The van der Waals surface area contributed by atoms with Gasteiger partial charge < -0.3 is 5.32 Å². The van der Waals surface area contributed by atoms with E-state index in [2.05, 4.69) is 8.46 Å². The SMILES string of the molecule is CC(=O)NC1=CN=IC(C)=C1. The molecule has 0 atom stereocenters. The zero-order chi connectivity index (χ0) is 8.27. The quantitative estimate of drug-likeness (QED) is 0.723. The molecule has 1 N–H and O–H groups in total. The summed E-state index contributed by atoms with van der Waals surface area (Å²) in [5, 5.41) is 2.68. The van der Waals surface area contributed by atoms with E-state index in [0.29, 0.717) is 0 Å². The highest BCUT2D eigenvalue weighted by molar-refractivity contribution is 14.2. The first-order chi connectivity index (χ1) is 5.18. The number of hydrogen-bond donors (Lipinski definition) is 1. The third kappa shape index (κ3) is 2.92. The molecular weight excluding hydrogens is 255 g/mol. The molecule has 4 heteroatoms. The Hall–Kier alpha value is -0.520. The van der Waals surface area contributed by atoms with Crippen LogP contribution in [0, 0.1) is 0 Å². The van der Waals surface area contributed by atoms with Crippen LogP contribution in [-0.4, -0.2) is 5.91 Å². The topological polar surface area (TPSA) is 41.5 Å². The van der Waals surface area contributed by atoms with E-state index in [1.165, 1.54) is 10.5 Å². The monoisotopic (exact) mass is 264 g/mol. The fourth-order valence-electron chi connectivity index (χ4n) is 0.701. The molecule has 0 bridgehead atoms. The number of amides is 1. The van der Waals surface area contributed by atoms with Crippen molar-refractivity contribution in [1.82, 2.24) is 5.32 Å². The fourth-order valence-corrected chi connectivity index (χ4v) is 2.05. The number of halogens is 1. The third-order valence-electron chi connectivity index (χ3n) is 1.04. The van der Waals surface area contributed by atoms with Crippen molar-refractivity contribution in [2.75, 3.05) is 0 Å². The van der Waals surface area contributed by atoms with Crippen molar-refractivity contribution in [3.05, 3.63) is 21.6 Å². The van der Waals surface area contributed by atoms with Crippen molar-refractivity contribution >= 4 is 26.9 Å². The van der Waals surface area contributed by atoms with Gasteiger partial charge in [-0.3, -0.25) is 4.79 Å². The van der Waals surface area contributed by atoms with Gasteiger partial charge >= 0.3 is 0 Å². The second kappa shape index (κ2) is 3.75. The van der Waals surface area contributed by atoms with Crippen LogP contribution in [0.15, 0.2) is 24.7 Å². The van der Waals surface area contributed by atoms with Gasteiger partial charge in [0.15, 0.2) is 0 Å². The molecule has 1 aliphatic rings. The lowest BCUT2D eigenvalue weighted by atomic mass is 10.4. The minimum Gasteiger partial charge on any atom is -0.325 e. The summed E-state index contributed by atoms with van der Waals surface area (Å²) >= 11 is -0.143. The Bertz CT molecular complexity index is 266. The van der Waals surface area contributed by atoms with E-state index in [0.717, 1.165) is 5.70 Å². The molecule has 1 heterocycles. The molecule has 1 aliphatic heterocycles. The molecule has 11 heavy (non-hydrogen) atoms. The van der Waals surface area contributed by atoms with Crippen LogP contribution in [0.1, 0.15) is 13.8 Å². The van der Waals surface area contributed by atoms with Crippen molar-refractivity contribution in [2.45, 2.75) is 13.8 Å². The smallest absolute Gasteiger partial charge is 0.221 e. The van der Waals surface area contributed by atoms with Gasteiger partial charge in [-0.25, -0.2) is 3.15 Å². The maximum absolute atomic E-state index is 10.6. The van der Waals surface area contributed by atoms with Crippen LogP contribution in [-0.2, 0) is 4.79 Å². The van der Waals surface area contributed by atoms with Gasteiger partial charge in [-0.05, 0) is 13.0 Å². The Morgan fingerprint density at radius 3 is 3.00 bits per heavy atom. The van der Waals surface area contributed by atoms with Crippen molar-refractivity contribution in [3.63, 3.8) is 0 Å². The first-order valence-corrected chi connectivity index (χ1v) is 5.23. The third-order valence-corrected chi connectivity index (χ3v) is 2.67. The van der Waals surface area contributed by atoms with Crippen LogP contribution in [0.25, 0.3) is 0 Å². The van der Waals surface area contributed by atoms with Crippen LogP contribution in [0.3, 0.4) is 0 Å². The number of carbonyl (C=O) groups is 1. The van der Waals surface area contributed by atoms with Gasteiger partial charge in [-0.2, -0.15) is 0 Å². The van der Waals surface area contributed by atoms with Crippen LogP contribution in [0.4, 0.5) is 0 Å². The Balaban J connectivity index is 2.68. The van der Waals surface area contributed by atoms with Crippen LogP contribution in [0.2, 0.25) is 0 Å². The van der Waals surface area contributed by atoms with Gasteiger partial charge in [0.05, 0.1) is 11.9 Å². The molecule has 0 radical (unpaired) electrons. The number of rotatable bonds is 1. The molecule has 0 aromatic heterocycles. The molecule has 1 amide bonds. The zero-order valence-corrected chi connectivity index (χ0v) is 8.55. The number of nitrogens with zero attached hydrogens (tertiary/aromatic N) is 1. The van der Waals surface area contributed by atoms with Crippen molar-refractivity contribution in [2.24, 2.45) is 3.15 Å². The summed E-state index contributed by atoms with van der Waals surface area (Å²) in [6, 6.07) is 0. The van der Waals surface area contributed by atoms with Gasteiger partial charge in [-0.15, -0.1) is 0 Å². The predicted molar refractivity (Wildman–Crippen MR) is 52.1 cm³/mol. The van der Waals surface area contributed by atoms with Gasteiger partial charge in [0.2, 0.25) is 5.91 Å². The number of carbonyl (C=O) groups excluding carboxylic acids is 1. The second-order valence-electron chi connectivity index (χ2n) is 2.18. The van der Waals surface area contributed by atoms with Crippen molar-refractivity contribution in [1.29, 1.82) is 0 Å². The first kappa shape index (κ1) is 8.58. The Kier molecular flexibility index (Phi) is 2.92. The Morgan fingerprint density at radius 1 is 1.73 bits per heavy atom. The fraction of sp³-hybridized carbons (Fsp3) is 0.286. The summed E-state index contributed by atoms with van der Waals surface area (Å²) < 4.78 is 5.43. The summed E-state index contributed by atoms with van der Waals surface area (Å²) in [5.74, 6) is -0.0457. The van der Waals surface area contributed by atoms with E-state index >= 15 is 0 Å². The van der Waals surface area contributed by atoms with Gasteiger partial charge in [-0.1, -0.05) is 0 Å². The molecule has 0 spiro atoms. The lowest BCUT2D eigenvalue weighted by Crippen LogP contribution is -2.17. The number of nitrogens with one attached hydrogen (secondary N) is 1. The second-order valence-corrected chi connectivity index (χ2v) is 4.92. The summed E-state index contributed by atoms with van der Waals surface area (Å²) in [6.07, 6.45) is 3.70. The summed E-state index contributed by atoms with van der Waals surface area (Å²) in [6.45, 7) is 3.53. The molecular formula is C7H9IN2O. The summed E-state index contributed by atoms with van der Waals surface area (Å²) in [5.41, 5.74) is 0.806. The van der Waals surface area contributed by atoms with Crippen LogP contribution >= 0.6 is 21.0 Å². The zero-order valence-electron chi connectivity index (χ0n) is 6.39. The van der Waals surface area contributed by atoms with Gasteiger partial charge in [0.25, 0.3) is 0 Å². The van der Waals surface area contributed by atoms with E-state index in [-0.39, 0.29) is 26.9 Å². The summed E-state index contributed by atoms with van der Waals surface area (Å²) in [7, 11) is 0. The van der Waals surface area contributed by atoms with E-state index in [1.807, 2.05) is 13.0 Å². The maximum Gasteiger partial charge on any atom is 0.221 e. The first-order valence-electron chi connectivity index (χ1n) is 3.19. The van der Waals surface area contributed by atoms with Crippen LogP contribution < -0.4 is 5.32 Å². The molecule has 60 valence electrons. The van der Waals surface area contributed by atoms with E-state index < -0.39 is 0 Å². The Labute approximate surface area is 75.7 Å². The molecule has 3 nitrogen and oxygen atoms in total. The lowest BCUT2D eigenvalue weighted by molar-refractivity contribution is -0.118. The molecule has 0 unspecified atom stereocenters. The minimum absolute atomic E-state index is 0.0457. The predicted octanol–water partition coefficient (Wildman–Crippen LogP) is 2.04. The van der Waals surface area contributed by atoms with Gasteiger partial charge in [0.1, 0.15) is 0 Å². The minimum atomic E-state index is -0.143. The molecule has 0 saturated heterocycles. The molecule has 0 fully saturated rings. The average Bonchev–Trinajstić information content (AvgIpc) is 1.85. The van der Waals surface area contributed by atoms with E-state index in [4.69, 9.17) is 0 Å². The molecule has 1 rings (SSSR count). The van der Waals surface area contributed by atoms with Crippen molar-refractivity contribution in [3.8, 4) is 0 Å². The van der Waals surface area contributed by atoms with E-state index in [9.17, 15) is 4.79 Å². The van der Waals surface area contributed by atoms with Gasteiger partial charge in [0, 0.05) is 31.5 Å². The highest BCUT2D eigenvalue weighted by Gasteiger charge is 1.99. The average molecular weight is 264 g/mol. The van der Waals surface area contributed by atoms with Crippen molar-refractivity contribution < 1.29 is 4.79 Å². The standard InChI is InChI=1S/C7H9IN2O/c1-5-3-7(4-9-8-5)10-6(2)11/h3-4H,1-2H3,(H,10,11). The van der Waals surface area contributed by atoms with E-state index in [1.54, 1.807) is 6.20 Å². The largest absolute Gasteiger partial charge is 0.325 e. The molecule has 0 aromatic carbocycles.